The molecule has 0 atom stereocenters. The van der Waals surface area contributed by atoms with Crippen LogP contribution in [0.5, 0.6) is 0 Å². The van der Waals surface area contributed by atoms with Crippen LogP contribution in [-0.2, 0) is 13.8 Å². The maximum Gasteiger partial charge on any atom is 0.264 e. The zero-order chi connectivity index (χ0) is 13.3. The molecule has 1 N–H and O–H groups in total. The van der Waals surface area contributed by atoms with Gasteiger partial charge in [-0.05, 0) is 31.0 Å². The van der Waals surface area contributed by atoms with Crippen molar-refractivity contribution in [3.8, 4) is 0 Å². The zero-order valence-electron chi connectivity index (χ0n) is 9.32. The number of benzene rings is 1. The maximum absolute atomic E-state index is 13.5. The molecule has 7 heteroatoms. The van der Waals surface area contributed by atoms with Crippen LogP contribution < -0.4 is 5.32 Å². The molecule has 0 heterocycles. The fourth-order valence-corrected chi connectivity index (χ4v) is 2.59. The molecule has 1 aromatic rings. The third-order valence-electron chi connectivity index (χ3n) is 2.94. The first kappa shape index (κ1) is 13.3. The van der Waals surface area contributed by atoms with Gasteiger partial charge in [0.2, 0.25) is 5.91 Å². The fraction of sp³-hybridized carbons (Fsp3) is 0.364. The van der Waals surface area contributed by atoms with E-state index in [1.54, 1.807) is 0 Å². The highest BCUT2D eigenvalue weighted by atomic mass is 35.7. The van der Waals surface area contributed by atoms with E-state index in [0.29, 0.717) is 0 Å². The monoisotopic (exact) mass is 291 g/mol. The predicted molar refractivity (Wildman–Crippen MR) is 65.4 cm³/mol. The molecule has 0 aliphatic heterocycles. The highest BCUT2D eigenvalue weighted by Crippen LogP contribution is 2.28. The molecule has 1 saturated carbocycles. The topological polar surface area (TPSA) is 63.2 Å². The third kappa shape index (κ3) is 2.81. The number of amides is 1. The minimum atomic E-state index is -4.10. The van der Waals surface area contributed by atoms with Crippen LogP contribution in [0.15, 0.2) is 23.1 Å². The van der Waals surface area contributed by atoms with Crippen molar-refractivity contribution in [3.05, 3.63) is 24.0 Å². The van der Waals surface area contributed by atoms with E-state index in [2.05, 4.69) is 5.32 Å². The Kier molecular flexibility index (Phi) is 3.59. The van der Waals surface area contributed by atoms with Gasteiger partial charge in [-0.25, -0.2) is 12.8 Å². The van der Waals surface area contributed by atoms with Crippen molar-refractivity contribution in [1.82, 2.24) is 0 Å². The summed E-state index contributed by atoms with van der Waals surface area (Å²) in [6.07, 6.45) is 2.70. The molecule has 0 saturated heterocycles. The van der Waals surface area contributed by atoms with Gasteiger partial charge in [-0.2, -0.15) is 0 Å². The number of hydrogen-bond acceptors (Lipinski definition) is 3. The zero-order valence-corrected chi connectivity index (χ0v) is 10.9. The van der Waals surface area contributed by atoms with E-state index in [4.69, 9.17) is 10.7 Å². The van der Waals surface area contributed by atoms with Gasteiger partial charge in [0.05, 0.1) is 0 Å². The summed E-state index contributed by atoms with van der Waals surface area (Å²) in [5, 5.41) is 2.55. The number of anilines is 1. The first-order valence-electron chi connectivity index (χ1n) is 5.43. The van der Waals surface area contributed by atoms with E-state index in [-0.39, 0.29) is 17.5 Å². The maximum atomic E-state index is 13.5. The molecule has 0 spiro atoms. The highest BCUT2D eigenvalue weighted by Gasteiger charge is 2.25. The second-order valence-electron chi connectivity index (χ2n) is 4.20. The van der Waals surface area contributed by atoms with Crippen molar-refractivity contribution in [2.24, 2.45) is 5.92 Å². The molecule has 1 amide bonds. The lowest BCUT2D eigenvalue weighted by Gasteiger charge is -2.24. The van der Waals surface area contributed by atoms with Gasteiger partial charge in [0.1, 0.15) is 10.7 Å². The van der Waals surface area contributed by atoms with Crippen molar-refractivity contribution in [2.75, 3.05) is 5.32 Å². The number of carbonyl (C=O) groups excluding carboxylic acids is 1. The highest BCUT2D eigenvalue weighted by molar-refractivity contribution is 8.13. The molecule has 1 fully saturated rings. The van der Waals surface area contributed by atoms with Gasteiger partial charge in [0, 0.05) is 22.3 Å². The lowest BCUT2D eigenvalue weighted by atomic mass is 9.85. The minimum absolute atomic E-state index is 0.0236. The van der Waals surface area contributed by atoms with E-state index < -0.39 is 19.8 Å². The summed E-state index contributed by atoms with van der Waals surface area (Å²) < 4.78 is 35.5. The van der Waals surface area contributed by atoms with Crippen molar-refractivity contribution < 1.29 is 17.6 Å². The first-order valence-corrected chi connectivity index (χ1v) is 7.74. The molecule has 1 aliphatic rings. The Labute approximate surface area is 109 Å². The van der Waals surface area contributed by atoms with Crippen LogP contribution in [0.4, 0.5) is 10.1 Å². The summed E-state index contributed by atoms with van der Waals surface area (Å²) in [6.45, 7) is 0. The molecule has 0 radical (unpaired) electrons. The van der Waals surface area contributed by atoms with Gasteiger partial charge in [-0.3, -0.25) is 4.79 Å². The normalized spacial score (nSPS) is 16.1. The fourth-order valence-electron chi connectivity index (χ4n) is 1.69. The van der Waals surface area contributed by atoms with Crippen LogP contribution in [0.1, 0.15) is 19.3 Å². The average molecular weight is 292 g/mol. The van der Waals surface area contributed by atoms with Gasteiger partial charge < -0.3 is 5.32 Å². The predicted octanol–water partition coefficient (Wildman–Crippen LogP) is 2.49. The molecule has 0 bridgehead atoms. The number of rotatable bonds is 3. The Balaban J connectivity index is 2.16. The van der Waals surface area contributed by atoms with Crippen LogP contribution in [0.3, 0.4) is 0 Å². The molecular weight excluding hydrogens is 281 g/mol. The van der Waals surface area contributed by atoms with Crippen LogP contribution in [0.2, 0.25) is 0 Å². The summed E-state index contributed by atoms with van der Waals surface area (Å²) in [4.78, 5) is 11.0. The van der Waals surface area contributed by atoms with Crippen molar-refractivity contribution in [1.29, 1.82) is 0 Å². The Morgan fingerprint density at radius 3 is 2.50 bits per heavy atom. The third-order valence-corrected chi connectivity index (χ3v) is 4.29. The minimum Gasteiger partial charge on any atom is -0.326 e. The second-order valence-corrected chi connectivity index (χ2v) is 6.73. The van der Waals surface area contributed by atoms with Gasteiger partial charge in [0.25, 0.3) is 9.05 Å². The summed E-state index contributed by atoms with van der Waals surface area (Å²) in [7, 11) is 0.945. The lowest BCUT2D eigenvalue weighted by Crippen LogP contribution is -2.28. The summed E-state index contributed by atoms with van der Waals surface area (Å²) in [5.74, 6) is -1.16. The quantitative estimate of drug-likeness (QED) is 0.870. The average Bonchev–Trinajstić information content (AvgIpc) is 2.11. The largest absolute Gasteiger partial charge is 0.326 e. The number of carbonyl (C=O) groups is 1. The van der Waals surface area contributed by atoms with Gasteiger partial charge in [0.15, 0.2) is 0 Å². The number of halogens is 2. The Morgan fingerprint density at radius 1 is 1.39 bits per heavy atom. The Hall–Kier alpha value is -1.14. The lowest BCUT2D eigenvalue weighted by molar-refractivity contribution is -0.122. The summed E-state index contributed by atoms with van der Waals surface area (Å²) in [6, 6.07) is 3.30. The standard InChI is InChI=1S/C11H11ClFNO3S/c12-18(16,17)10-5-4-8(6-9(10)13)14-11(15)7-2-1-3-7/h4-7H,1-3H2,(H,14,15). The van der Waals surface area contributed by atoms with Crippen molar-refractivity contribution >= 4 is 31.3 Å². The molecule has 4 nitrogen and oxygen atoms in total. The number of hydrogen-bond donors (Lipinski definition) is 1. The van der Waals surface area contributed by atoms with Gasteiger partial charge in [-0.15, -0.1) is 0 Å². The Bertz CT molecular complexity index is 584. The van der Waals surface area contributed by atoms with E-state index in [9.17, 15) is 17.6 Å². The van der Waals surface area contributed by atoms with E-state index >= 15 is 0 Å². The van der Waals surface area contributed by atoms with E-state index in [1.165, 1.54) is 6.07 Å². The van der Waals surface area contributed by atoms with Crippen molar-refractivity contribution in [3.63, 3.8) is 0 Å². The molecule has 98 valence electrons. The van der Waals surface area contributed by atoms with Crippen molar-refractivity contribution in [2.45, 2.75) is 24.2 Å². The molecule has 1 aromatic carbocycles. The molecular formula is C11H11ClFNO3S. The van der Waals surface area contributed by atoms with Crippen LogP contribution in [0, 0.1) is 11.7 Å². The SMILES string of the molecule is O=C(Nc1ccc(S(=O)(=O)Cl)c(F)c1)C1CCC1. The van der Waals surface area contributed by atoms with Crippen LogP contribution in [0.25, 0.3) is 0 Å². The van der Waals surface area contributed by atoms with Crippen LogP contribution >= 0.6 is 10.7 Å². The molecule has 0 unspecified atom stereocenters. The molecule has 0 aromatic heterocycles. The first-order chi connectivity index (χ1) is 8.38. The number of nitrogens with one attached hydrogen (secondary N) is 1. The summed E-state index contributed by atoms with van der Waals surface area (Å²) in [5.41, 5.74) is 0.230. The van der Waals surface area contributed by atoms with E-state index in [1.807, 2.05) is 0 Å². The van der Waals surface area contributed by atoms with Gasteiger partial charge in [-0.1, -0.05) is 6.42 Å². The van der Waals surface area contributed by atoms with Gasteiger partial charge >= 0.3 is 0 Å². The second kappa shape index (κ2) is 4.85. The molecule has 18 heavy (non-hydrogen) atoms. The van der Waals surface area contributed by atoms with Crippen LogP contribution in [-0.4, -0.2) is 14.3 Å². The summed E-state index contributed by atoms with van der Waals surface area (Å²) >= 11 is 0. The smallest absolute Gasteiger partial charge is 0.264 e. The van der Waals surface area contributed by atoms with E-state index in [0.717, 1.165) is 31.4 Å². The Morgan fingerprint density at radius 2 is 2.06 bits per heavy atom. The molecule has 2 rings (SSSR count). The molecule has 1 aliphatic carbocycles.